The molecule has 0 radical (unpaired) electrons. The van der Waals surface area contributed by atoms with Crippen molar-refractivity contribution in [3.63, 3.8) is 0 Å². The highest BCUT2D eigenvalue weighted by atomic mass is 16.7. The van der Waals surface area contributed by atoms with Gasteiger partial charge in [0.25, 0.3) is 0 Å². The van der Waals surface area contributed by atoms with Gasteiger partial charge in [-0.05, 0) is 36.3 Å². The highest BCUT2D eigenvalue weighted by Gasteiger charge is 2.31. The number of carbonyl (C=O) groups is 2. The fourth-order valence-electron chi connectivity index (χ4n) is 3.43. The van der Waals surface area contributed by atoms with Crippen molar-refractivity contribution in [2.45, 2.75) is 46.1 Å². The number of rotatable bonds is 7. The molecule has 0 fully saturated rings. The molecule has 2 atom stereocenters. The van der Waals surface area contributed by atoms with E-state index in [1.165, 1.54) is 10.5 Å². The number of hydrogen-bond acceptors (Lipinski definition) is 4. The Morgan fingerprint density at radius 2 is 2.00 bits per heavy atom. The summed E-state index contributed by atoms with van der Waals surface area (Å²) in [5, 5.41) is 0. The molecule has 2 rings (SSSR count). The minimum atomic E-state index is -0.561. The molecule has 5 nitrogen and oxygen atoms in total. The topological polar surface area (TPSA) is 55.8 Å². The maximum Gasteiger partial charge on any atom is 0.413 e. The molecule has 0 heterocycles. The average molecular weight is 357 g/mol. The first kappa shape index (κ1) is 19.8. The normalized spacial score (nSPS) is 16.5. The zero-order valence-corrected chi connectivity index (χ0v) is 15.7. The summed E-state index contributed by atoms with van der Waals surface area (Å²) in [5.74, 6) is 2.32. The van der Waals surface area contributed by atoms with Gasteiger partial charge in [0, 0.05) is 0 Å². The lowest BCUT2D eigenvalue weighted by Crippen LogP contribution is -2.35. The van der Waals surface area contributed by atoms with Crippen LogP contribution in [0.4, 0.5) is 4.79 Å². The number of nitrogens with zero attached hydrogens (tertiary/aromatic N) is 1. The molecule has 0 saturated carbocycles. The van der Waals surface area contributed by atoms with E-state index in [1.54, 1.807) is 0 Å². The van der Waals surface area contributed by atoms with Crippen LogP contribution >= 0.6 is 0 Å². The second-order valence-electron chi connectivity index (χ2n) is 7.11. The van der Waals surface area contributed by atoms with E-state index in [1.807, 2.05) is 39.0 Å². The number of terminal acetylenes is 1. The summed E-state index contributed by atoms with van der Waals surface area (Å²) >= 11 is 0. The predicted octanol–water partition coefficient (Wildman–Crippen LogP) is 3.93. The lowest BCUT2D eigenvalue weighted by Gasteiger charge is -2.27. The number of aryl methyl sites for hydroxylation is 1. The standard InChI is InChI=1S/C21H27NO4/c1-5-12-22(19-11-10-17-8-6-7-9-18(17)19)21(24)26-14-25-20(23)16(4)13-15(2)3/h1,6-9,15-16,19H,10-14H2,2-4H3/t16?,19-/m1/s1. The first-order chi connectivity index (χ1) is 12.4. The number of fused-ring (bicyclic) bond motifs is 1. The van der Waals surface area contributed by atoms with Gasteiger partial charge in [0.15, 0.2) is 0 Å². The second-order valence-corrected chi connectivity index (χ2v) is 7.11. The van der Waals surface area contributed by atoms with Crippen LogP contribution in [0.5, 0.6) is 0 Å². The minimum Gasteiger partial charge on any atom is -0.428 e. The van der Waals surface area contributed by atoms with Crippen LogP contribution in [-0.4, -0.2) is 30.3 Å². The number of carbonyl (C=O) groups excluding carboxylic acids is 2. The molecule has 0 spiro atoms. The minimum absolute atomic E-state index is 0.106. The van der Waals surface area contributed by atoms with Crippen LogP contribution in [-0.2, 0) is 20.7 Å². The molecular weight excluding hydrogens is 330 g/mol. The Hall–Kier alpha value is -2.48. The Balaban J connectivity index is 1.92. The number of esters is 1. The van der Waals surface area contributed by atoms with Gasteiger partial charge in [-0.3, -0.25) is 9.69 Å². The molecule has 1 aliphatic carbocycles. The summed E-state index contributed by atoms with van der Waals surface area (Å²) in [5.41, 5.74) is 2.32. The monoisotopic (exact) mass is 357 g/mol. The summed E-state index contributed by atoms with van der Waals surface area (Å²) < 4.78 is 10.2. The number of hydrogen-bond donors (Lipinski definition) is 0. The summed E-state index contributed by atoms with van der Waals surface area (Å²) in [6.07, 6.45) is 7.31. The lowest BCUT2D eigenvalue weighted by atomic mass is 9.99. The molecule has 1 aliphatic rings. The van der Waals surface area contributed by atoms with Crippen LogP contribution in [0.15, 0.2) is 24.3 Å². The summed E-state index contributed by atoms with van der Waals surface area (Å²) in [7, 11) is 0. The van der Waals surface area contributed by atoms with E-state index in [0.717, 1.165) is 24.8 Å². The van der Waals surface area contributed by atoms with Crippen molar-refractivity contribution in [1.82, 2.24) is 4.90 Å². The molecule has 140 valence electrons. The summed E-state index contributed by atoms with van der Waals surface area (Å²) in [6.45, 7) is 5.65. The van der Waals surface area contributed by atoms with Gasteiger partial charge in [-0.1, -0.05) is 51.0 Å². The number of amides is 1. The van der Waals surface area contributed by atoms with Crippen molar-refractivity contribution in [3.8, 4) is 12.3 Å². The van der Waals surface area contributed by atoms with Gasteiger partial charge >= 0.3 is 12.1 Å². The third-order valence-electron chi connectivity index (χ3n) is 4.58. The second kappa shape index (κ2) is 9.28. The van der Waals surface area contributed by atoms with Crippen LogP contribution in [0.2, 0.25) is 0 Å². The molecule has 0 aliphatic heterocycles. The largest absolute Gasteiger partial charge is 0.428 e. The van der Waals surface area contributed by atoms with Gasteiger partial charge in [-0.25, -0.2) is 4.79 Å². The van der Waals surface area contributed by atoms with Crippen molar-refractivity contribution in [1.29, 1.82) is 0 Å². The molecule has 26 heavy (non-hydrogen) atoms. The highest BCUT2D eigenvalue weighted by molar-refractivity contribution is 5.72. The number of benzene rings is 1. The molecular formula is C21H27NO4. The van der Waals surface area contributed by atoms with E-state index in [2.05, 4.69) is 12.0 Å². The third kappa shape index (κ3) is 5.01. The van der Waals surface area contributed by atoms with E-state index in [0.29, 0.717) is 5.92 Å². The van der Waals surface area contributed by atoms with Gasteiger partial charge in [-0.2, -0.15) is 0 Å². The predicted molar refractivity (Wildman–Crippen MR) is 99.1 cm³/mol. The maximum absolute atomic E-state index is 12.5. The van der Waals surface area contributed by atoms with Gasteiger partial charge in [-0.15, -0.1) is 6.42 Å². The molecule has 5 heteroatoms. The third-order valence-corrected chi connectivity index (χ3v) is 4.58. The molecule has 0 aromatic heterocycles. The zero-order chi connectivity index (χ0) is 19.1. The van der Waals surface area contributed by atoms with Gasteiger partial charge in [0.05, 0.1) is 18.5 Å². The van der Waals surface area contributed by atoms with Crippen molar-refractivity contribution in [3.05, 3.63) is 35.4 Å². The molecule has 1 amide bonds. The summed E-state index contributed by atoms with van der Waals surface area (Å²) in [6, 6.07) is 7.91. The zero-order valence-electron chi connectivity index (χ0n) is 15.7. The molecule has 0 N–H and O–H groups in total. The first-order valence-electron chi connectivity index (χ1n) is 9.05. The first-order valence-corrected chi connectivity index (χ1v) is 9.05. The van der Waals surface area contributed by atoms with Crippen LogP contribution in [0, 0.1) is 24.2 Å². The van der Waals surface area contributed by atoms with E-state index in [-0.39, 0.29) is 24.5 Å². The molecule has 1 aromatic rings. The Bertz CT molecular complexity index is 677. The van der Waals surface area contributed by atoms with Crippen molar-refractivity contribution in [2.24, 2.45) is 11.8 Å². The van der Waals surface area contributed by atoms with E-state index < -0.39 is 12.9 Å². The molecule has 0 saturated heterocycles. The molecule has 0 bridgehead atoms. The summed E-state index contributed by atoms with van der Waals surface area (Å²) in [4.78, 5) is 25.9. The molecule has 1 unspecified atom stereocenters. The fourth-order valence-corrected chi connectivity index (χ4v) is 3.43. The van der Waals surface area contributed by atoms with Crippen LogP contribution in [0.1, 0.15) is 50.8 Å². The van der Waals surface area contributed by atoms with Crippen molar-refractivity contribution < 1.29 is 19.1 Å². The molecule has 1 aromatic carbocycles. The average Bonchev–Trinajstić information content (AvgIpc) is 3.02. The SMILES string of the molecule is C#CCN(C(=O)OCOC(=O)C(C)CC(C)C)[C@@H]1CCc2ccccc21. The Kier molecular flexibility index (Phi) is 7.08. The van der Waals surface area contributed by atoms with Gasteiger partial charge < -0.3 is 9.47 Å². The fraction of sp³-hybridized carbons (Fsp3) is 0.524. The van der Waals surface area contributed by atoms with Crippen LogP contribution in [0.25, 0.3) is 0 Å². The quantitative estimate of drug-likeness (QED) is 0.421. The van der Waals surface area contributed by atoms with E-state index in [9.17, 15) is 9.59 Å². The van der Waals surface area contributed by atoms with Gasteiger partial charge in [0.1, 0.15) is 0 Å². The van der Waals surface area contributed by atoms with Crippen LogP contribution < -0.4 is 0 Å². The Morgan fingerprint density at radius 3 is 2.69 bits per heavy atom. The van der Waals surface area contributed by atoms with Gasteiger partial charge in [0.2, 0.25) is 6.79 Å². The van der Waals surface area contributed by atoms with Crippen molar-refractivity contribution in [2.75, 3.05) is 13.3 Å². The van der Waals surface area contributed by atoms with Crippen LogP contribution in [0.3, 0.4) is 0 Å². The van der Waals surface area contributed by atoms with E-state index >= 15 is 0 Å². The van der Waals surface area contributed by atoms with Crippen molar-refractivity contribution >= 4 is 12.1 Å². The Morgan fingerprint density at radius 1 is 1.27 bits per heavy atom. The smallest absolute Gasteiger partial charge is 0.413 e. The highest BCUT2D eigenvalue weighted by Crippen LogP contribution is 2.35. The maximum atomic E-state index is 12.5. The lowest BCUT2D eigenvalue weighted by molar-refractivity contribution is -0.157. The number of ether oxygens (including phenoxy) is 2. The Labute approximate surface area is 155 Å². The van der Waals surface area contributed by atoms with E-state index in [4.69, 9.17) is 15.9 Å².